The largest absolute Gasteiger partial charge is 0.488 e. The van der Waals surface area contributed by atoms with Crippen molar-refractivity contribution in [3.63, 3.8) is 0 Å². The number of hydrogen-bond acceptors (Lipinski definition) is 7. The van der Waals surface area contributed by atoms with Crippen LogP contribution >= 0.6 is 0 Å². The predicted octanol–water partition coefficient (Wildman–Crippen LogP) is 6.07. The summed E-state index contributed by atoms with van der Waals surface area (Å²) in [4.78, 5) is 17.9. The average molecular weight is 447 g/mol. The molecule has 0 amide bonds. The summed E-state index contributed by atoms with van der Waals surface area (Å²) in [5.41, 5.74) is -0.927. The average Bonchev–Trinajstić information content (AvgIpc) is 2.66. The summed E-state index contributed by atoms with van der Waals surface area (Å²) in [5.74, 6) is -0.0874. The molecule has 11 heteroatoms. The van der Waals surface area contributed by atoms with Crippen LogP contribution in [-0.2, 0) is 6.18 Å². The van der Waals surface area contributed by atoms with Crippen LogP contribution in [0, 0.1) is 10.1 Å². The van der Waals surface area contributed by atoms with E-state index >= 15 is 0 Å². The number of rotatable bonds is 6. The Labute approximate surface area is 181 Å². The van der Waals surface area contributed by atoms with Crippen LogP contribution in [0.2, 0.25) is 0 Å². The number of nitro groups is 1. The summed E-state index contributed by atoms with van der Waals surface area (Å²) >= 11 is 0. The second-order valence-electron chi connectivity index (χ2n) is 7.75. The molecule has 0 bridgehead atoms. The molecule has 1 heterocycles. The fraction of sp³-hybridized carbons (Fsp3) is 0.238. The number of aromatic nitrogens is 2. The van der Waals surface area contributed by atoms with E-state index in [0.29, 0.717) is 23.3 Å². The minimum absolute atomic E-state index is 0.114. The number of anilines is 4. The van der Waals surface area contributed by atoms with Crippen molar-refractivity contribution in [2.45, 2.75) is 32.5 Å². The van der Waals surface area contributed by atoms with E-state index in [2.05, 4.69) is 20.6 Å². The molecule has 3 rings (SSSR count). The van der Waals surface area contributed by atoms with Gasteiger partial charge in [-0.3, -0.25) is 10.1 Å². The molecule has 0 aliphatic heterocycles. The molecule has 1 aromatic heterocycles. The first-order valence-corrected chi connectivity index (χ1v) is 9.42. The van der Waals surface area contributed by atoms with Crippen LogP contribution in [0.3, 0.4) is 0 Å². The van der Waals surface area contributed by atoms with Crippen LogP contribution in [0.15, 0.2) is 54.7 Å². The number of alkyl halides is 3. The highest BCUT2D eigenvalue weighted by Crippen LogP contribution is 2.36. The van der Waals surface area contributed by atoms with Gasteiger partial charge in [0.1, 0.15) is 22.7 Å². The lowest BCUT2D eigenvalue weighted by molar-refractivity contribution is -0.384. The molecule has 0 unspecified atom stereocenters. The van der Waals surface area contributed by atoms with Crippen molar-refractivity contribution in [1.82, 2.24) is 9.97 Å². The van der Waals surface area contributed by atoms with Gasteiger partial charge in [0.05, 0.1) is 4.92 Å². The quantitative estimate of drug-likeness (QED) is 0.349. The van der Waals surface area contributed by atoms with E-state index in [0.717, 1.165) is 0 Å². The minimum atomic E-state index is -4.69. The molecule has 0 aliphatic carbocycles. The number of nitrogens with zero attached hydrogens (tertiary/aromatic N) is 3. The fourth-order valence-electron chi connectivity index (χ4n) is 2.67. The summed E-state index contributed by atoms with van der Waals surface area (Å²) < 4.78 is 46.3. The number of nitro benzene ring substituents is 1. The summed E-state index contributed by atoms with van der Waals surface area (Å²) in [5, 5.41) is 16.2. The lowest BCUT2D eigenvalue weighted by atomic mass is 10.2. The topological polar surface area (TPSA) is 102 Å². The van der Waals surface area contributed by atoms with Gasteiger partial charge in [-0.05, 0) is 45.0 Å². The Balaban J connectivity index is 1.90. The van der Waals surface area contributed by atoms with E-state index in [1.165, 1.54) is 24.3 Å². The van der Waals surface area contributed by atoms with Crippen molar-refractivity contribution in [3.05, 3.63) is 70.4 Å². The van der Waals surface area contributed by atoms with Crippen LogP contribution in [-0.4, -0.2) is 20.5 Å². The van der Waals surface area contributed by atoms with Crippen LogP contribution in [0.1, 0.15) is 26.3 Å². The molecule has 8 nitrogen and oxygen atoms in total. The van der Waals surface area contributed by atoms with Crippen molar-refractivity contribution in [3.8, 4) is 5.75 Å². The zero-order valence-corrected chi connectivity index (χ0v) is 17.4. The van der Waals surface area contributed by atoms with Crippen molar-refractivity contribution < 1.29 is 22.8 Å². The van der Waals surface area contributed by atoms with Crippen molar-refractivity contribution in [1.29, 1.82) is 0 Å². The number of halogens is 3. The van der Waals surface area contributed by atoms with Gasteiger partial charge in [0.2, 0.25) is 5.95 Å². The third-order valence-electron chi connectivity index (χ3n) is 3.95. The molecule has 2 N–H and O–H groups in total. The lowest BCUT2D eigenvalue weighted by Gasteiger charge is -2.22. The molecule has 0 saturated carbocycles. The predicted molar refractivity (Wildman–Crippen MR) is 114 cm³/mol. The molecule has 0 radical (unpaired) electrons. The Morgan fingerprint density at radius 1 is 1.00 bits per heavy atom. The van der Waals surface area contributed by atoms with E-state index in [1.807, 2.05) is 20.8 Å². The van der Waals surface area contributed by atoms with Crippen molar-refractivity contribution >= 4 is 28.8 Å². The van der Waals surface area contributed by atoms with Gasteiger partial charge < -0.3 is 15.4 Å². The zero-order chi connectivity index (χ0) is 23.5. The van der Waals surface area contributed by atoms with Crippen molar-refractivity contribution in [2.75, 3.05) is 10.6 Å². The van der Waals surface area contributed by atoms with E-state index < -0.39 is 28.1 Å². The Bertz CT molecular complexity index is 1110. The number of benzene rings is 2. The summed E-state index contributed by atoms with van der Waals surface area (Å²) in [6, 6.07) is 11.8. The van der Waals surface area contributed by atoms with Crippen molar-refractivity contribution in [2.24, 2.45) is 0 Å². The van der Waals surface area contributed by atoms with E-state index in [1.54, 1.807) is 24.3 Å². The molecule has 3 aromatic rings. The Morgan fingerprint density at radius 3 is 2.28 bits per heavy atom. The summed E-state index contributed by atoms with van der Waals surface area (Å²) in [7, 11) is 0. The van der Waals surface area contributed by atoms with E-state index in [-0.39, 0.29) is 11.6 Å². The number of hydrogen-bond donors (Lipinski definition) is 2. The molecular weight excluding hydrogens is 427 g/mol. The van der Waals surface area contributed by atoms with Gasteiger partial charge in [-0.2, -0.15) is 18.2 Å². The first kappa shape index (κ1) is 22.8. The highest BCUT2D eigenvalue weighted by molar-refractivity contribution is 5.64. The standard InChI is InChI=1S/C21H20F3N5O3/c1-20(2,3)32-16-6-4-5-14(11-16)26-18-17(21(22,23)24)12-25-19(28-18)27-13-7-9-15(10-8-13)29(30)31/h4-12H,1-3H3,(H2,25,26,27,28). The van der Waals surface area contributed by atoms with Crippen LogP contribution in [0.5, 0.6) is 5.75 Å². The van der Waals surface area contributed by atoms with Crippen LogP contribution < -0.4 is 15.4 Å². The monoisotopic (exact) mass is 447 g/mol. The normalized spacial score (nSPS) is 11.7. The molecule has 0 atom stereocenters. The molecule has 32 heavy (non-hydrogen) atoms. The smallest absolute Gasteiger partial charge is 0.421 e. The van der Waals surface area contributed by atoms with Gasteiger partial charge in [-0.25, -0.2) is 4.98 Å². The SMILES string of the molecule is CC(C)(C)Oc1cccc(Nc2nc(Nc3ccc([N+](=O)[O-])cc3)ncc2C(F)(F)F)c1. The Kier molecular flexibility index (Phi) is 6.19. The second-order valence-corrected chi connectivity index (χ2v) is 7.75. The van der Waals surface area contributed by atoms with Gasteiger partial charge in [0.25, 0.3) is 5.69 Å². The van der Waals surface area contributed by atoms with Gasteiger partial charge in [0, 0.05) is 35.8 Å². The second kappa shape index (κ2) is 8.69. The highest BCUT2D eigenvalue weighted by Gasteiger charge is 2.35. The highest BCUT2D eigenvalue weighted by atomic mass is 19.4. The summed E-state index contributed by atoms with van der Waals surface area (Å²) in [6.45, 7) is 5.57. The zero-order valence-electron chi connectivity index (χ0n) is 17.4. The number of ether oxygens (including phenoxy) is 1. The summed E-state index contributed by atoms with van der Waals surface area (Å²) in [6.07, 6.45) is -4.02. The molecule has 168 valence electrons. The lowest BCUT2D eigenvalue weighted by Crippen LogP contribution is -2.22. The van der Waals surface area contributed by atoms with Crippen LogP contribution in [0.25, 0.3) is 0 Å². The molecular formula is C21H20F3N5O3. The molecule has 2 aromatic carbocycles. The number of nitrogens with one attached hydrogen (secondary N) is 2. The maximum atomic E-state index is 13.5. The maximum Gasteiger partial charge on any atom is 0.421 e. The van der Waals surface area contributed by atoms with Gasteiger partial charge >= 0.3 is 6.18 Å². The first-order chi connectivity index (χ1) is 14.9. The maximum absolute atomic E-state index is 13.5. The van der Waals surface area contributed by atoms with E-state index in [9.17, 15) is 23.3 Å². The first-order valence-electron chi connectivity index (χ1n) is 9.42. The van der Waals surface area contributed by atoms with Gasteiger partial charge in [-0.1, -0.05) is 6.07 Å². The third kappa shape index (κ3) is 6.06. The van der Waals surface area contributed by atoms with Crippen LogP contribution in [0.4, 0.5) is 42.0 Å². The molecule has 0 aliphatic rings. The third-order valence-corrected chi connectivity index (χ3v) is 3.95. The minimum Gasteiger partial charge on any atom is -0.488 e. The van der Waals surface area contributed by atoms with Gasteiger partial charge in [0.15, 0.2) is 0 Å². The Morgan fingerprint density at radius 2 is 1.69 bits per heavy atom. The van der Waals surface area contributed by atoms with Gasteiger partial charge in [-0.15, -0.1) is 0 Å². The Hall–Kier alpha value is -3.89. The fourth-order valence-corrected chi connectivity index (χ4v) is 2.67. The number of non-ortho nitro benzene ring substituents is 1. The molecule has 0 saturated heterocycles. The molecule has 0 spiro atoms. The van der Waals surface area contributed by atoms with E-state index in [4.69, 9.17) is 4.74 Å². The molecule has 0 fully saturated rings.